The second kappa shape index (κ2) is 18.8. The van der Waals surface area contributed by atoms with Crippen LogP contribution in [0.4, 0.5) is 0 Å². The van der Waals surface area contributed by atoms with Crippen molar-refractivity contribution in [1.82, 2.24) is 9.97 Å². The Labute approximate surface area is 360 Å². The van der Waals surface area contributed by atoms with E-state index in [4.69, 9.17) is 9.40 Å². The van der Waals surface area contributed by atoms with Gasteiger partial charge in [-0.05, 0) is 76.5 Å². The molecule has 0 fully saturated rings. The smallest absolute Gasteiger partial charge is 0.121 e. The summed E-state index contributed by atoms with van der Waals surface area (Å²) >= 11 is 0. The van der Waals surface area contributed by atoms with E-state index in [1.165, 1.54) is 38.6 Å². The van der Waals surface area contributed by atoms with Crippen LogP contribution >= 0.6 is 0 Å². The number of benzene rings is 5. The van der Waals surface area contributed by atoms with Gasteiger partial charge in [0.15, 0.2) is 0 Å². The predicted octanol–water partition coefficient (Wildman–Crippen LogP) is 14.3. The van der Waals surface area contributed by atoms with E-state index < -0.39 is 8.07 Å². The van der Waals surface area contributed by atoms with Crippen molar-refractivity contribution in [2.75, 3.05) is 0 Å². The van der Waals surface area contributed by atoms with Crippen molar-refractivity contribution in [3.63, 3.8) is 0 Å². The van der Waals surface area contributed by atoms with Crippen LogP contribution in [-0.4, -0.2) is 18.0 Å². The van der Waals surface area contributed by atoms with Crippen molar-refractivity contribution in [3.8, 4) is 44.8 Å². The van der Waals surface area contributed by atoms with Crippen molar-refractivity contribution >= 4 is 35.2 Å². The van der Waals surface area contributed by atoms with Gasteiger partial charge in [-0.3, -0.25) is 0 Å². The number of furan rings is 1. The molecule has 1 radical (unpaired) electrons. The van der Waals surface area contributed by atoms with E-state index in [2.05, 4.69) is 187 Å². The second-order valence-corrected chi connectivity index (χ2v) is 21.7. The molecule has 5 aromatic carbocycles. The van der Waals surface area contributed by atoms with Gasteiger partial charge in [0, 0.05) is 37.9 Å². The van der Waals surface area contributed by atoms with Gasteiger partial charge in [-0.1, -0.05) is 167 Å². The van der Waals surface area contributed by atoms with E-state index in [1.807, 2.05) is 18.3 Å². The zero-order valence-electron chi connectivity index (χ0n) is 35.1. The maximum atomic E-state index is 6.38. The third-order valence-corrected chi connectivity index (χ3v) is 13.0. The molecule has 3 aromatic heterocycles. The van der Waals surface area contributed by atoms with Crippen LogP contribution in [0.5, 0.6) is 0 Å². The molecule has 0 N–H and O–H groups in total. The molecule has 0 aliphatic carbocycles. The molecule has 0 aliphatic rings. The Morgan fingerprint density at radius 1 is 0.707 bits per heavy atom. The summed E-state index contributed by atoms with van der Waals surface area (Å²) in [6, 6.07) is 49.3. The van der Waals surface area contributed by atoms with Gasteiger partial charge in [0.2, 0.25) is 0 Å². The van der Waals surface area contributed by atoms with E-state index >= 15 is 0 Å². The number of hydrogen-bond acceptors (Lipinski definition) is 3. The first-order valence-electron chi connectivity index (χ1n) is 20.5. The van der Waals surface area contributed by atoms with Gasteiger partial charge >= 0.3 is 0 Å². The monoisotopic (exact) mass is 955 g/mol. The van der Waals surface area contributed by atoms with Gasteiger partial charge in [0.25, 0.3) is 0 Å². The normalized spacial score (nSPS) is 11.5. The van der Waals surface area contributed by atoms with Gasteiger partial charge < -0.3 is 14.4 Å². The van der Waals surface area contributed by atoms with E-state index in [-0.39, 0.29) is 20.1 Å². The third kappa shape index (κ3) is 9.50. The maximum absolute atomic E-state index is 6.38. The molecule has 5 heteroatoms. The van der Waals surface area contributed by atoms with Gasteiger partial charge in [0.05, 0.1) is 13.7 Å². The molecule has 0 saturated heterocycles. The molecule has 297 valence electrons. The molecule has 3 heterocycles. The molecular formula is C53H54IrN2OSi-2. The molecule has 0 saturated carbocycles. The average molecular weight is 955 g/mol. The van der Waals surface area contributed by atoms with Crippen molar-refractivity contribution < 1.29 is 24.5 Å². The zero-order chi connectivity index (χ0) is 40.1. The summed E-state index contributed by atoms with van der Waals surface area (Å²) in [6.07, 6.45) is 7.40. The maximum Gasteiger partial charge on any atom is 0.121 e. The Balaban J connectivity index is 0.000000193. The average Bonchev–Trinajstić information content (AvgIpc) is 3.60. The predicted molar refractivity (Wildman–Crippen MR) is 245 cm³/mol. The van der Waals surface area contributed by atoms with Crippen molar-refractivity contribution in [2.24, 2.45) is 5.92 Å². The summed E-state index contributed by atoms with van der Waals surface area (Å²) in [5, 5.41) is 3.71. The Morgan fingerprint density at radius 3 is 2.09 bits per heavy atom. The van der Waals surface area contributed by atoms with Gasteiger partial charge in [-0.2, -0.15) is 0 Å². The fourth-order valence-electron chi connectivity index (χ4n) is 7.91. The molecule has 8 rings (SSSR count). The van der Waals surface area contributed by atoms with E-state index in [0.29, 0.717) is 11.8 Å². The third-order valence-electron chi connectivity index (χ3n) is 11.0. The number of rotatable bonds is 10. The summed E-state index contributed by atoms with van der Waals surface area (Å²) in [4.78, 5) is 9.51. The number of aryl methyl sites for hydroxylation is 1. The van der Waals surface area contributed by atoms with E-state index in [9.17, 15) is 0 Å². The van der Waals surface area contributed by atoms with Crippen LogP contribution < -0.4 is 5.19 Å². The summed E-state index contributed by atoms with van der Waals surface area (Å²) in [7, 11) is -1.41. The molecule has 0 aliphatic heterocycles. The first-order valence-corrected chi connectivity index (χ1v) is 24.0. The fourth-order valence-corrected chi connectivity index (χ4v) is 9.50. The van der Waals surface area contributed by atoms with Crippen molar-refractivity contribution in [2.45, 2.75) is 79.4 Å². The van der Waals surface area contributed by atoms with E-state index in [0.717, 1.165) is 69.3 Å². The summed E-state index contributed by atoms with van der Waals surface area (Å²) in [6.45, 7) is 18.4. The zero-order valence-corrected chi connectivity index (χ0v) is 38.5. The van der Waals surface area contributed by atoms with Crippen LogP contribution in [0.3, 0.4) is 0 Å². The standard InChI is InChI=1S/C28H24NO.C25H30NSi.Ir/c1-3-19(4-2)22-15-16-29-26(17-22)25-12-8-11-24-23-14-13-21(18-27(23)30-28(24)25)20-9-6-5-7-10-20;1-18(2)14-22-16-24(26-17-25(22)27(4,5)6)21-13-12-19(3)23(15-21)20-10-8-7-9-11-20;/h5-11,13-19H,3-4H2,1-2H3;7-12,15-18H,14H2,1-6H3;/q2*-1;. The van der Waals surface area contributed by atoms with Crippen LogP contribution in [0, 0.1) is 25.0 Å². The van der Waals surface area contributed by atoms with Crippen LogP contribution in [0.15, 0.2) is 138 Å². The Bertz CT molecular complexity index is 2600. The Kier molecular flexibility index (Phi) is 13.8. The van der Waals surface area contributed by atoms with Gasteiger partial charge in [-0.15, -0.1) is 47.5 Å². The molecule has 0 spiro atoms. The molecule has 0 atom stereocenters. The quantitative estimate of drug-likeness (QED) is 0.101. The minimum Gasteiger partial charge on any atom is -0.501 e. The summed E-state index contributed by atoms with van der Waals surface area (Å²) < 4.78 is 6.38. The minimum absolute atomic E-state index is 0. The number of pyridine rings is 2. The van der Waals surface area contributed by atoms with Crippen LogP contribution in [0.2, 0.25) is 19.6 Å². The molecule has 0 unspecified atom stereocenters. The van der Waals surface area contributed by atoms with Crippen LogP contribution in [0.1, 0.15) is 63.1 Å². The first kappa shape index (κ1) is 42.7. The van der Waals surface area contributed by atoms with Gasteiger partial charge in [0.1, 0.15) is 5.58 Å². The Hall–Kier alpha value is -4.93. The Morgan fingerprint density at radius 2 is 1.41 bits per heavy atom. The van der Waals surface area contributed by atoms with Crippen molar-refractivity contribution in [3.05, 3.63) is 163 Å². The summed E-state index contributed by atoms with van der Waals surface area (Å²) in [5.41, 5.74) is 14.6. The minimum atomic E-state index is -1.41. The molecule has 0 bridgehead atoms. The summed E-state index contributed by atoms with van der Waals surface area (Å²) in [5.74, 6) is 1.19. The van der Waals surface area contributed by atoms with Gasteiger partial charge in [-0.25, -0.2) is 0 Å². The molecule has 0 amide bonds. The SMILES string of the molecule is CCC(CC)c1ccnc(-c2[c-]ccc3c2oc2cc(-c4ccccc4)ccc23)c1.Cc1c[c-]c(-c2cc(CC(C)C)c([Si](C)(C)C)cn2)cc1-c1ccccc1.[Ir]. The number of fused-ring (bicyclic) bond motifs is 3. The van der Waals surface area contributed by atoms with Crippen LogP contribution in [-0.2, 0) is 26.5 Å². The topological polar surface area (TPSA) is 38.9 Å². The fraction of sp³-hybridized carbons (Fsp3) is 0.245. The van der Waals surface area contributed by atoms with Crippen molar-refractivity contribution in [1.29, 1.82) is 0 Å². The number of aromatic nitrogens is 2. The molecular weight excluding hydrogens is 901 g/mol. The van der Waals surface area contributed by atoms with Crippen LogP contribution in [0.25, 0.3) is 66.7 Å². The van der Waals surface area contributed by atoms with E-state index in [1.54, 1.807) is 0 Å². The number of nitrogens with zero attached hydrogens (tertiary/aromatic N) is 2. The number of hydrogen-bond donors (Lipinski definition) is 0. The second-order valence-electron chi connectivity index (χ2n) is 16.6. The molecule has 3 nitrogen and oxygen atoms in total. The molecule has 8 aromatic rings. The largest absolute Gasteiger partial charge is 0.501 e. The first-order chi connectivity index (χ1) is 27.5. The molecule has 58 heavy (non-hydrogen) atoms.